The molecular formula is C18H23N3OS. The third kappa shape index (κ3) is 3.91. The van der Waals surface area contributed by atoms with E-state index in [2.05, 4.69) is 11.9 Å². The molecule has 3 rings (SSSR count). The van der Waals surface area contributed by atoms with Gasteiger partial charge < -0.3 is 15.6 Å². The molecule has 1 aliphatic carbocycles. The average molecular weight is 329 g/mol. The number of thiophene rings is 1. The predicted molar refractivity (Wildman–Crippen MR) is 96.9 cm³/mol. The van der Waals surface area contributed by atoms with Gasteiger partial charge in [0.15, 0.2) is 0 Å². The Morgan fingerprint density at radius 2 is 2.35 bits per heavy atom. The van der Waals surface area contributed by atoms with Gasteiger partial charge in [-0.2, -0.15) is 0 Å². The minimum absolute atomic E-state index is 0.436. The molecule has 0 aliphatic heterocycles. The van der Waals surface area contributed by atoms with Crippen LogP contribution in [0, 0.1) is 18.3 Å². The van der Waals surface area contributed by atoms with Gasteiger partial charge in [-0.05, 0) is 43.4 Å². The normalized spacial score (nSPS) is 15.1. The Balaban J connectivity index is 1.73. The fourth-order valence-corrected chi connectivity index (χ4v) is 3.96. The second-order valence-corrected chi connectivity index (χ2v) is 7.26. The lowest BCUT2D eigenvalue weighted by Gasteiger charge is -1.99. The standard InChI is InChI=1S/C18H23N3OS/c1-12-16(6-2-4-13-7-8-13)23-18(17(12)20)15(10-19)21-11-14-5-3-9-22-14/h3,5,9-10,13,19H,2,4,6-8,11,20H2,1H3. The van der Waals surface area contributed by atoms with E-state index in [1.54, 1.807) is 17.6 Å². The van der Waals surface area contributed by atoms with E-state index in [4.69, 9.17) is 15.6 Å². The zero-order valence-corrected chi connectivity index (χ0v) is 14.3. The van der Waals surface area contributed by atoms with Crippen LogP contribution in [0.1, 0.15) is 46.8 Å². The number of anilines is 1. The lowest BCUT2D eigenvalue weighted by Crippen LogP contribution is -2.03. The molecule has 1 saturated carbocycles. The van der Waals surface area contributed by atoms with E-state index in [1.807, 2.05) is 12.1 Å². The number of aliphatic imine (C=N–C) groups is 1. The number of nitrogen functional groups attached to an aromatic ring is 1. The van der Waals surface area contributed by atoms with E-state index >= 15 is 0 Å². The first-order valence-corrected chi connectivity index (χ1v) is 8.96. The predicted octanol–water partition coefficient (Wildman–Crippen LogP) is 4.60. The van der Waals surface area contributed by atoms with E-state index in [0.717, 1.165) is 34.2 Å². The highest BCUT2D eigenvalue weighted by atomic mass is 32.1. The summed E-state index contributed by atoms with van der Waals surface area (Å²) in [5, 5.41) is 7.67. The quantitative estimate of drug-likeness (QED) is 0.694. The first-order chi connectivity index (χ1) is 11.2. The van der Waals surface area contributed by atoms with Crippen LogP contribution in [0.4, 0.5) is 5.69 Å². The largest absolute Gasteiger partial charge is 0.467 e. The van der Waals surface area contributed by atoms with Gasteiger partial charge in [-0.3, -0.25) is 4.99 Å². The number of furan rings is 1. The Labute approximate surface area is 140 Å². The van der Waals surface area contributed by atoms with E-state index < -0.39 is 0 Å². The summed E-state index contributed by atoms with van der Waals surface area (Å²) < 4.78 is 5.29. The third-order valence-electron chi connectivity index (χ3n) is 4.36. The Bertz CT molecular complexity index is 696. The minimum atomic E-state index is 0.436. The van der Waals surface area contributed by atoms with Crippen LogP contribution >= 0.6 is 11.3 Å². The molecule has 3 N–H and O–H groups in total. The number of hydrogen-bond donors (Lipinski definition) is 2. The monoisotopic (exact) mass is 329 g/mol. The van der Waals surface area contributed by atoms with Crippen LogP contribution in [0.15, 0.2) is 27.8 Å². The van der Waals surface area contributed by atoms with Crippen molar-refractivity contribution in [1.82, 2.24) is 0 Å². The summed E-state index contributed by atoms with van der Waals surface area (Å²) in [7, 11) is 0. The lowest BCUT2D eigenvalue weighted by atomic mass is 10.1. The summed E-state index contributed by atoms with van der Waals surface area (Å²) in [5.74, 6) is 1.76. The van der Waals surface area contributed by atoms with Crippen LogP contribution in [0.5, 0.6) is 0 Å². The van der Waals surface area contributed by atoms with Crippen molar-refractivity contribution >= 4 is 29.0 Å². The van der Waals surface area contributed by atoms with Crippen LogP contribution in [-0.4, -0.2) is 11.9 Å². The number of nitrogens with one attached hydrogen (secondary N) is 1. The molecule has 23 heavy (non-hydrogen) atoms. The van der Waals surface area contributed by atoms with Gasteiger partial charge in [-0.15, -0.1) is 11.3 Å². The smallest absolute Gasteiger partial charge is 0.125 e. The summed E-state index contributed by atoms with van der Waals surface area (Å²) >= 11 is 1.69. The molecule has 4 nitrogen and oxygen atoms in total. The van der Waals surface area contributed by atoms with Gasteiger partial charge in [0, 0.05) is 11.1 Å². The molecule has 2 heterocycles. The fraction of sp³-hybridized carbons (Fsp3) is 0.444. The molecule has 0 spiro atoms. The minimum Gasteiger partial charge on any atom is -0.467 e. The third-order valence-corrected chi connectivity index (χ3v) is 5.75. The molecule has 0 amide bonds. The summed E-state index contributed by atoms with van der Waals surface area (Å²) in [6.45, 7) is 2.51. The Kier molecular flexibility index (Phi) is 4.96. The summed E-state index contributed by atoms with van der Waals surface area (Å²) in [5.41, 5.74) is 8.85. The Morgan fingerprint density at radius 3 is 3.00 bits per heavy atom. The first-order valence-electron chi connectivity index (χ1n) is 8.14. The van der Waals surface area contributed by atoms with Crippen LogP contribution in [-0.2, 0) is 13.0 Å². The molecule has 0 aromatic carbocycles. The molecular weight excluding hydrogens is 306 g/mol. The number of nitrogens with zero attached hydrogens (tertiary/aromatic N) is 1. The second-order valence-electron chi connectivity index (χ2n) is 6.15. The Morgan fingerprint density at radius 1 is 1.52 bits per heavy atom. The lowest BCUT2D eigenvalue weighted by molar-refractivity contribution is 0.513. The summed E-state index contributed by atoms with van der Waals surface area (Å²) in [6, 6.07) is 3.73. The number of nitrogens with two attached hydrogens (primary N) is 1. The molecule has 1 aliphatic rings. The van der Waals surface area contributed by atoms with Crippen molar-refractivity contribution in [1.29, 1.82) is 5.41 Å². The molecule has 2 aromatic heterocycles. The van der Waals surface area contributed by atoms with Gasteiger partial charge in [-0.1, -0.05) is 19.3 Å². The fourth-order valence-electron chi connectivity index (χ4n) is 2.71. The van der Waals surface area contributed by atoms with E-state index in [0.29, 0.717) is 12.3 Å². The molecule has 1 fully saturated rings. The number of rotatable bonds is 8. The van der Waals surface area contributed by atoms with E-state index in [1.165, 1.54) is 36.8 Å². The van der Waals surface area contributed by atoms with Crippen LogP contribution in [0.2, 0.25) is 0 Å². The van der Waals surface area contributed by atoms with Crippen LogP contribution < -0.4 is 5.73 Å². The highest BCUT2D eigenvalue weighted by Gasteiger charge is 2.21. The van der Waals surface area contributed by atoms with Crippen molar-refractivity contribution in [2.75, 3.05) is 5.73 Å². The SMILES string of the molecule is Cc1c(CCCC2CC2)sc(C(C=N)=NCc2ccco2)c1N. The van der Waals surface area contributed by atoms with Gasteiger partial charge in [0.05, 0.1) is 29.1 Å². The van der Waals surface area contributed by atoms with Gasteiger partial charge in [0.2, 0.25) is 0 Å². The van der Waals surface area contributed by atoms with Crippen molar-refractivity contribution < 1.29 is 4.42 Å². The molecule has 2 aromatic rings. The van der Waals surface area contributed by atoms with Gasteiger partial charge >= 0.3 is 0 Å². The highest BCUT2D eigenvalue weighted by molar-refractivity contribution is 7.15. The molecule has 0 atom stereocenters. The van der Waals surface area contributed by atoms with Gasteiger partial charge in [-0.25, -0.2) is 0 Å². The molecule has 0 radical (unpaired) electrons. The topological polar surface area (TPSA) is 75.4 Å². The van der Waals surface area contributed by atoms with Crippen LogP contribution in [0.25, 0.3) is 0 Å². The zero-order valence-electron chi connectivity index (χ0n) is 13.5. The zero-order chi connectivity index (χ0) is 16.2. The maximum Gasteiger partial charge on any atom is 0.125 e. The molecule has 5 heteroatoms. The van der Waals surface area contributed by atoms with E-state index in [9.17, 15) is 0 Å². The number of aryl methyl sites for hydroxylation is 1. The van der Waals surface area contributed by atoms with Crippen molar-refractivity contribution in [2.45, 2.75) is 45.6 Å². The Hall–Kier alpha value is -1.88. The number of hydrogen-bond acceptors (Lipinski definition) is 5. The second kappa shape index (κ2) is 7.13. The molecule has 0 bridgehead atoms. The van der Waals surface area contributed by atoms with Crippen molar-refractivity contribution in [3.8, 4) is 0 Å². The van der Waals surface area contributed by atoms with Crippen LogP contribution in [0.3, 0.4) is 0 Å². The maximum atomic E-state index is 7.67. The maximum absolute atomic E-state index is 7.67. The average Bonchev–Trinajstić information content (AvgIpc) is 3.15. The summed E-state index contributed by atoms with van der Waals surface area (Å²) in [6.07, 6.45) is 9.39. The summed E-state index contributed by atoms with van der Waals surface area (Å²) in [4.78, 5) is 6.76. The van der Waals surface area contributed by atoms with Crippen molar-refractivity contribution in [3.63, 3.8) is 0 Å². The molecule has 0 unspecified atom stereocenters. The van der Waals surface area contributed by atoms with Gasteiger partial charge in [0.1, 0.15) is 5.76 Å². The van der Waals surface area contributed by atoms with E-state index in [-0.39, 0.29) is 0 Å². The highest BCUT2D eigenvalue weighted by Crippen LogP contribution is 2.36. The first kappa shape index (κ1) is 16.0. The van der Waals surface area contributed by atoms with Crippen molar-refractivity contribution in [2.24, 2.45) is 10.9 Å². The molecule has 0 saturated heterocycles. The van der Waals surface area contributed by atoms with Gasteiger partial charge in [0.25, 0.3) is 0 Å². The van der Waals surface area contributed by atoms with Crippen molar-refractivity contribution in [3.05, 3.63) is 39.5 Å². The molecule has 122 valence electrons.